The molecule has 0 fully saturated rings. The molecule has 0 bridgehead atoms. The molecule has 6 nitrogen and oxygen atoms in total. The van der Waals surface area contributed by atoms with Crippen LogP contribution in [-0.2, 0) is 11.3 Å². The fraction of sp³-hybridized carbons (Fsp3) is 0.235. The minimum atomic E-state index is -0.467. The fourth-order valence-electron chi connectivity index (χ4n) is 2.12. The monoisotopic (exact) mass is 342 g/mol. The van der Waals surface area contributed by atoms with E-state index in [1.807, 2.05) is 36.4 Å². The van der Waals surface area contributed by atoms with Crippen LogP contribution < -0.4 is 25.4 Å². The number of thiazole rings is 1. The van der Waals surface area contributed by atoms with E-state index in [0.29, 0.717) is 22.3 Å². The highest BCUT2D eigenvalue weighted by atomic mass is 32.1. The lowest BCUT2D eigenvalue weighted by atomic mass is 10.3. The summed E-state index contributed by atoms with van der Waals surface area (Å²) in [6, 6.07) is 11.3. The summed E-state index contributed by atoms with van der Waals surface area (Å²) in [4.78, 5) is 24.5. The molecule has 7 heteroatoms. The number of carbonyl (C=O) groups is 1. The Morgan fingerprint density at radius 1 is 1.33 bits per heavy atom. The summed E-state index contributed by atoms with van der Waals surface area (Å²) in [5, 5.41) is 15.0. The second-order valence-corrected chi connectivity index (χ2v) is 5.85. The topological polar surface area (TPSA) is 86.9 Å². The van der Waals surface area contributed by atoms with Crippen molar-refractivity contribution in [3.63, 3.8) is 0 Å². The SMILES string of the molecule is CCNC(=O)/C(C#N)=c1\s/c(=C/Nc2ccccc2)c(=O)n1CC. The molecular formula is C17H18N4O2S. The first-order valence-corrected chi connectivity index (χ1v) is 8.38. The number of aromatic nitrogens is 1. The van der Waals surface area contributed by atoms with Crippen LogP contribution in [0.3, 0.4) is 0 Å². The normalized spacial score (nSPS) is 12.5. The van der Waals surface area contributed by atoms with E-state index in [1.54, 1.807) is 20.0 Å². The van der Waals surface area contributed by atoms with Gasteiger partial charge in [-0.25, -0.2) is 0 Å². The third kappa shape index (κ3) is 3.73. The lowest BCUT2D eigenvalue weighted by molar-refractivity contribution is -0.115. The van der Waals surface area contributed by atoms with E-state index in [2.05, 4.69) is 10.6 Å². The summed E-state index contributed by atoms with van der Waals surface area (Å²) < 4.78 is 2.25. The predicted octanol–water partition coefficient (Wildman–Crippen LogP) is 0.590. The number of rotatable bonds is 5. The number of anilines is 1. The molecular weight excluding hydrogens is 324 g/mol. The zero-order valence-corrected chi connectivity index (χ0v) is 14.3. The van der Waals surface area contributed by atoms with Crippen molar-refractivity contribution in [2.24, 2.45) is 0 Å². The van der Waals surface area contributed by atoms with Gasteiger partial charge in [0.15, 0.2) is 5.57 Å². The molecule has 2 aromatic rings. The van der Waals surface area contributed by atoms with Gasteiger partial charge in [-0.15, -0.1) is 11.3 Å². The number of nitrogens with one attached hydrogen (secondary N) is 2. The van der Waals surface area contributed by atoms with Gasteiger partial charge in [0.2, 0.25) is 0 Å². The van der Waals surface area contributed by atoms with Gasteiger partial charge in [-0.1, -0.05) is 18.2 Å². The molecule has 0 atom stereocenters. The van der Waals surface area contributed by atoms with E-state index >= 15 is 0 Å². The van der Waals surface area contributed by atoms with Gasteiger partial charge in [0, 0.05) is 25.0 Å². The molecule has 0 radical (unpaired) electrons. The quantitative estimate of drug-likeness (QED) is 0.833. The van der Waals surface area contributed by atoms with Crippen molar-refractivity contribution in [1.82, 2.24) is 9.88 Å². The molecule has 0 aliphatic heterocycles. The van der Waals surface area contributed by atoms with Crippen LogP contribution in [0.15, 0.2) is 35.1 Å². The maximum atomic E-state index is 12.5. The van der Waals surface area contributed by atoms with Crippen molar-refractivity contribution in [3.8, 4) is 6.07 Å². The lowest BCUT2D eigenvalue weighted by Gasteiger charge is -2.00. The minimum absolute atomic E-state index is 0.0415. The average molecular weight is 342 g/mol. The van der Waals surface area contributed by atoms with Crippen molar-refractivity contribution in [2.45, 2.75) is 20.4 Å². The number of hydrogen-bond acceptors (Lipinski definition) is 5. The summed E-state index contributed by atoms with van der Waals surface area (Å²) in [5.41, 5.74) is 0.584. The second-order valence-electron chi connectivity index (χ2n) is 4.82. The van der Waals surface area contributed by atoms with Gasteiger partial charge in [-0.05, 0) is 26.0 Å². The maximum Gasteiger partial charge on any atom is 0.270 e. The third-order valence-electron chi connectivity index (χ3n) is 3.26. The van der Waals surface area contributed by atoms with Crippen molar-refractivity contribution in [1.29, 1.82) is 5.26 Å². The van der Waals surface area contributed by atoms with E-state index in [4.69, 9.17) is 0 Å². The predicted molar refractivity (Wildman–Crippen MR) is 95.7 cm³/mol. The van der Waals surface area contributed by atoms with Gasteiger partial charge in [0.25, 0.3) is 11.5 Å². The molecule has 124 valence electrons. The van der Waals surface area contributed by atoms with Gasteiger partial charge < -0.3 is 10.6 Å². The molecule has 1 heterocycles. The molecule has 1 aromatic carbocycles. The molecule has 1 amide bonds. The van der Waals surface area contributed by atoms with Crippen molar-refractivity contribution < 1.29 is 4.79 Å². The van der Waals surface area contributed by atoms with E-state index < -0.39 is 5.91 Å². The maximum absolute atomic E-state index is 12.5. The van der Waals surface area contributed by atoms with Crippen LogP contribution in [0, 0.1) is 11.3 Å². The molecule has 0 aliphatic rings. The van der Waals surface area contributed by atoms with Crippen LogP contribution in [0.2, 0.25) is 0 Å². The molecule has 0 unspecified atom stereocenters. The van der Waals surface area contributed by atoms with E-state index in [1.165, 1.54) is 4.57 Å². The third-order valence-corrected chi connectivity index (χ3v) is 4.39. The molecule has 0 saturated heterocycles. The lowest BCUT2D eigenvalue weighted by Crippen LogP contribution is -2.34. The zero-order chi connectivity index (χ0) is 17.5. The number of benzene rings is 1. The van der Waals surface area contributed by atoms with Gasteiger partial charge in [0.1, 0.15) is 15.3 Å². The average Bonchev–Trinajstić information content (AvgIpc) is 2.90. The summed E-state index contributed by atoms with van der Waals surface area (Å²) in [6.07, 6.45) is 1.60. The van der Waals surface area contributed by atoms with Crippen molar-refractivity contribution >= 4 is 34.7 Å². The van der Waals surface area contributed by atoms with Gasteiger partial charge in [-0.3, -0.25) is 14.2 Å². The number of hydrogen-bond donors (Lipinski definition) is 2. The Kier molecular flexibility index (Phi) is 5.93. The molecule has 24 heavy (non-hydrogen) atoms. The Bertz CT molecular complexity index is 936. The number of amides is 1. The first kappa shape index (κ1) is 17.5. The van der Waals surface area contributed by atoms with E-state index in [9.17, 15) is 14.9 Å². The van der Waals surface area contributed by atoms with Crippen LogP contribution in [0.5, 0.6) is 0 Å². The number of para-hydroxylation sites is 1. The van der Waals surface area contributed by atoms with Crippen molar-refractivity contribution in [2.75, 3.05) is 11.9 Å². The summed E-state index contributed by atoms with van der Waals surface area (Å²) in [5.74, 6) is -0.467. The van der Waals surface area contributed by atoms with E-state index in [0.717, 1.165) is 17.0 Å². The van der Waals surface area contributed by atoms with Crippen LogP contribution in [0.1, 0.15) is 13.8 Å². The molecule has 0 spiro atoms. The standard InChI is InChI=1S/C17H18N4O2S/c1-3-19-15(22)13(10-18)17-21(4-2)16(23)14(24-17)11-20-12-8-6-5-7-9-12/h5-9,11,20H,3-4H2,1-2H3,(H,19,22)/b14-11+,17-13-. The Morgan fingerprint density at radius 3 is 2.62 bits per heavy atom. The first-order chi connectivity index (χ1) is 11.6. The van der Waals surface area contributed by atoms with E-state index in [-0.39, 0.29) is 11.1 Å². The molecule has 0 saturated carbocycles. The Morgan fingerprint density at radius 2 is 2.04 bits per heavy atom. The highest BCUT2D eigenvalue weighted by Gasteiger charge is 2.14. The Labute approximate surface area is 143 Å². The summed E-state index contributed by atoms with van der Waals surface area (Å²) in [7, 11) is 0. The minimum Gasteiger partial charge on any atom is -0.360 e. The first-order valence-electron chi connectivity index (χ1n) is 7.56. The van der Waals surface area contributed by atoms with Crippen LogP contribution in [0.4, 0.5) is 5.69 Å². The fourth-order valence-corrected chi connectivity index (χ4v) is 3.21. The van der Waals surface area contributed by atoms with Crippen molar-refractivity contribution in [3.05, 3.63) is 49.9 Å². The number of nitriles is 1. The number of nitrogens with zero attached hydrogens (tertiary/aromatic N) is 2. The van der Waals surface area contributed by atoms with Crippen LogP contribution in [0.25, 0.3) is 11.8 Å². The highest BCUT2D eigenvalue weighted by molar-refractivity contribution is 7.07. The molecule has 1 aromatic heterocycles. The second kappa shape index (κ2) is 8.13. The van der Waals surface area contributed by atoms with Crippen LogP contribution in [-0.4, -0.2) is 17.0 Å². The van der Waals surface area contributed by atoms with Gasteiger partial charge in [0.05, 0.1) is 0 Å². The molecule has 2 rings (SSSR count). The smallest absolute Gasteiger partial charge is 0.270 e. The molecule has 0 aliphatic carbocycles. The highest BCUT2D eigenvalue weighted by Crippen LogP contribution is 2.04. The summed E-state index contributed by atoms with van der Waals surface area (Å²) >= 11 is 1.13. The summed E-state index contributed by atoms with van der Waals surface area (Å²) in [6.45, 7) is 4.38. The zero-order valence-electron chi connectivity index (χ0n) is 13.5. The largest absolute Gasteiger partial charge is 0.360 e. The Hall–Kier alpha value is -2.85. The Balaban J connectivity index is 2.58. The van der Waals surface area contributed by atoms with Gasteiger partial charge >= 0.3 is 0 Å². The van der Waals surface area contributed by atoms with Gasteiger partial charge in [-0.2, -0.15) is 5.26 Å². The van der Waals surface area contributed by atoms with Crippen LogP contribution >= 0.6 is 11.3 Å². The number of carbonyl (C=O) groups excluding carboxylic acids is 1. The molecule has 2 N–H and O–H groups in total.